The molecule has 0 aliphatic heterocycles. The Morgan fingerprint density at radius 3 is 1.50 bits per heavy atom. The van der Waals surface area contributed by atoms with Gasteiger partial charge in [0, 0.05) is 0 Å². The van der Waals surface area contributed by atoms with E-state index in [1.807, 2.05) is 0 Å². The Bertz CT molecular complexity index is 96.7. The van der Waals surface area contributed by atoms with Gasteiger partial charge < -0.3 is 5.14 Å². The van der Waals surface area contributed by atoms with E-state index in [4.69, 9.17) is 13.6 Å². The first-order valence-corrected chi connectivity index (χ1v) is 2.01. The van der Waals surface area contributed by atoms with Crippen molar-refractivity contribution in [3.05, 3.63) is 5.14 Å². The van der Waals surface area contributed by atoms with Gasteiger partial charge >= 0.3 is 51.4 Å². The number of hydrogen-bond donors (Lipinski definition) is 0. The number of halogens is 1. The fraction of sp³-hybridized carbons (Fsp3) is 0. The Kier molecular flexibility index (Phi) is 6.06. The van der Waals surface area contributed by atoms with Crippen molar-refractivity contribution in [1.29, 1.82) is 0 Å². The minimum absolute atomic E-state index is 0. The maximum absolute atomic E-state index is 10.2. The van der Waals surface area contributed by atoms with E-state index in [0.717, 1.165) is 0 Å². The number of nitrogens with zero attached hydrogens (tertiary/aromatic N) is 1. The molecule has 0 aliphatic rings. The third-order valence-electron chi connectivity index (χ3n) is 0. The zero-order valence-corrected chi connectivity index (χ0v) is 6.99. The van der Waals surface area contributed by atoms with Crippen LogP contribution in [0.2, 0.25) is 0 Å². The summed E-state index contributed by atoms with van der Waals surface area (Å²) in [6.45, 7) is 0. The Labute approximate surface area is 77.9 Å². The smallest absolute Gasteiger partial charge is 0.652 e. The van der Waals surface area contributed by atoms with Crippen LogP contribution >= 0.6 is 0 Å². The SMILES string of the molecule is [K+].[N-]S(=O)(=O)F. The monoisotopic (exact) mass is 136 g/mol. The molecule has 0 aromatic carbocycles. The van der Waals surface area contributed by atoms with Gasteiger partial charge in [0.05, 0.1) is 0 Å². The van der Waals surface area contributed by atoms with Crippen molar-refractivity contribution in [3.63, 3.8) is 0 Å². The first-order chi connectivity index (χ1) is 2.00. The van der Waals surface area contributed by atoms with Crippen LogP contribution in [-0.2, 0) is 10.4 Å². The average Bonchev–Trinajstić information content (AvgIpc) is 0.722. The Balaban J connectivity index is 0. The van der Waals surface area contributed by atoms with E-state index in [0.29, 0.717) is 0 Å². The summed E-state index contributed by atoms with van der Waals surface area (Å²) < 4.78 is 27.3. The van der Waals surface area contributed by atoms with Crippen molar-refractivity contribution < 1.29 is 63.7 Å². The van der Waals surface area contributed by atoms with Gasteiger partial charge in [-0.15, -0.1) is 3.89 Å². The van der Waals surface area contributed by atoms with Gasteiger partial charge in [-0.1, -0.05) is 0 Å². The molecule has 0 unspecified atom stereocenters. The zero-order chi connectivity index (χ0) is 4.50. The van der Waals surface area contributed by atoms with Crippen LogP contribution in [0, 0.1) is 0 Å². The van der Waals surface area contributed by atoms with Crippen LogP contribution < -0.4 is 51.4 Å². The topological polar surface area (TPSA) is 56.4 Å². The van der Waals surface area contributed by atoms with Crippen LogP contribution in [0.25, 0.3) is 5.14 Å². The number of rotatable bonds is 0. The molecule has 0 heterocycles. The second kappa shape index (κ2) is 3.47. The van der Waals surface area contributed by atoms with Gasteiger partial charge in [0.15, 0.2) is 0 Å². The first kappa shape index (κ1) is 10.5. The van der Waals surface area contributed by atoms with Crippen LogP contribution in [0.5, 0.6) is 0 Å². The minimum Gasteiger partial charge on any atom is -0.652 e. The van der Waals surface area contributed by atoms with E-state index in [2.05, 4.69) is 0 Å². The molecule has 6 heavy (non-hydrogen) atoms. The van der Waals surface area contributed by atoms with E-state index in [-0.39, 0.29) is 51.4 Å². The largest absolute Gasteiger partial charge is 1.00 e. The predicted molar refractivity (Wildman–Crippen MR) is 13.4 cm³/mol. The fourth-order valence-corrected chi connectivity index (χ4v) is 0. The van der Waals surface area contributed by atoms with E-state index >= 15 is 0 Å². The Morgan fingerprint density at radius 2 is 1.50 bits per heavy atom. The van der Waals surface area contributed by atoms with Crippen LogP contribution in [0.3, 0.4) is 0 Å². The molecule has 0 saturated carbocycles. The van der Waals surface area contributed by atoms with Crippen LogP contribution in [-0.4, -0.2) is 8.42 Å². The average molecular weight is 136 g/mol. The fourth-order valence-electron chi connectivity index (χ4n) is 0. The molecule has 1 radical (unpaired) electrons. The summed E-state index contributed by atoms with van der Waals surface area (Å²) in [5.41, 5.74) is 0. The molecule has 0 aliphatic carbocycles. The molecule has 3 nitrogen and oxygen atoms in total. The van der Waals surface area contributed by atoms with Crippen molar-refractivity contribution in [2.45, 2.75) is 0 Å². The molecule has 0 aromatic heterocycles. The molecule has 0 fully saturated rings. The predicted octanol–water partition coefficient (Wildman–Crippen LogP) is -2.96. The van der Waals surface area contributed by atoms with Crippen molar-refractivity contribution in [2.24, 2.45) is 0 Å². The first-order valence-electron chi connectivity index (χ1n) is 0.670. The zero-order valence-electron chi connectivity index (χ0n) is 3.05. The second-order valence-electron chi connectivity index (χ2n) is 0.412. The molecule has 6 heteroatoms. The van der Waals surface area contributed by atoms with Gasteiger partial charge in [-0.25, -0.2) is 8.42 Å². The molecule has 0 bridgehead atoms. The summed E-state index contributed by atoms with van der Waals surface area (Å²) in [4.78, 5) is 0. The summed E-state index contributed by atoms with van der Waals surface area (Å²) in [5, 5.41) is 6.83. The maximum Gasteiger partial charge on any atom is 1.00 e. The van der Waals surface area contributed by atoms with Gasteiger partial charge in [-0.2, -0.15) is 0 Å². The minimum atomic E-state index is -5.17. The van der Waals surface area contributed by atoms with Gasteiger partial charge in [0.2, 0.25) is 10.4 Å². The van der Waals surface area contributed by atoms with Crippen molar-refractivity contribution in [2.75, 3.05) is 0 Å². The van der Waals surface area contributed by atoms with E-state index < -0.39 is 10.4 Å². The summed E-state index contributed by atoms with van der Waals surface area (Å²) in [6, 6.07) is 0. The molecule has 31 valence electrons. The Hall–Kier alpha value is 1.48. The summed E-state index contributed by atoms with van der Waals surface area (Å²) >= 11 is 0. The number of hydrogen-bond acceptors (Lipinski definition) is 2. The quantitative estimate of drug-likeness (QED) is 0.264. The van der Waals surface area contributed by atoms with Crippen LogP contribution in [0.1, 0.15) is 0 Å². The third-order valence-corrected chi connectivity index (χ3v) is 0. The molecule has 0 atom stereocenters. The van der Waals surface area contributed by atoms with Gasteiger partial charge in [-0.05, 0) is 0 Å². The molecule has 0 spiro atoms. The van der Waals surface area contributed by atoms with Crippen LogP contribution in [0.4, 0.5) is 3.89 Å². The van der Waals surface area contributed by atoms with Crippen molar-refractivity contribution in [1.82, 2.24) is 0 Å². The molecule has 0 N–H and O–H groups in total. The van der Waals surface area contributed by atoms with Gasteiger partial charge in [0.1, 0.15) is 0 Å². The summed E-state index contributed by atoms with van der Waals surface area (Å²) in [6.07, 6.45) is 0. The van der Waals surface area contributed by atoms with Crippen molar-refractivity contribution in [3.8, 4) is 0 Å². The maximum atomic E-state index is 10.2. The normalized spacial score (nSPS) is 9.67. The van der Waals surface area contributed by atoms with Gasteiger partial charge in [-0.3, -0.25) is 0 Å². The van der Waals surface area contributed by atoms with E-state index in [1.165, 1.54) is 0 Å². The molecule has 0 rings (SSSR count). The van der Waals surface area contributed by atoms with Gasteiger partial charge in [0.25, 0.3) is 0 Å². The van der Waals surface area contributed by atoms with Crippen LogP contribution in [0.15, 0.2) is 0 Å². The third kappa shape index (κ3) is 50.3. The van der Waals surface area contributed by atoms with E-state index in [1.54, 1.807) is 0 Å². The second-order valence-corrected chi connectivity index (χ2v) is 1.24. The molecular formula is FKNO2S. The van der Waals surface area contributed by atoms with Crippen molar-refractivity contribution >= 4 is 10.4 Å². The molecule has 0 saturated heterocycles. The summed E-state index contributed by atoms with van der Waals surface area (Å²) in [7, 11) is -5.17. The summed E-state index contributed by atoms with van der Waals surface area (Å²) in [5.74, 6) is 0. The van der Waals surface area contributed by atoms with E-state index in [9.17, 15) is 3.89 Å². The standard InChI is InChI=1S/FNO2S.K/c1-5(2,3)4;/q-1;+1. The molecule has 0 amide bonds. The Morgan fingerprint density at radius 1 is 1.50 bits per heavy atom. The molecule has 0 aromatic rings. The molecular weight excluding hydrogens is 136 g/mol.